The summed E-state index contributed by atoms with van der Waals surface area (Å²) >= 11 is 0. The van der Waals surface area contributed by atoms with Crippen molar-refractivity contribution in [3.05, 3.63) is 83.7 Å². The highest BCUT2D eigenvalue weighted by molar-refractivity contribution is 5.73. The lowest BCUT2D eigenvalue weighted by atomic mass is 10.1. The summed E-state index contributed by atoms with van der Waals surface area (Å²) in [6.45, 7) is 1.72. The standard InChI is InChI=1S/C21H24N4O2/c1-27-20-9-5-8-17(12-20)10-11-22-21(26)23-13-19-14-24-25(16-19)15-18-6-3-2-4-7-18/h2-9,12,14,16H,10-11,13,15H2,1H3,(H2,22,23,26). The van der Waals surface area contributed by atoms with Gasteiger partial charge in [0.25, 0.3) is 0 Å². The van der Waals surface area contributed by atoms with Gasteiger partial charge in [0.15, 0.2) is 0 Å². The van der Waals surface area contributed by atoms with Gasteiger partial charge >= 0.3 is 6.03 Å². The number of rotatable bonds is 8. The van der Waals surface area contributed by atoms with Crippen LogP contribution in [-0.2, 0) is 19.5 Å². The monoisotopic (exact) mass is 364 g/mol. The van der Waals surface area contributed by atoms with E-state index in [2.05, 4.69) is 27.9 Å². The van der Waals surface area contributed by atoms with Gasteiger partial charge in [-0.05, 0) is 29.7 Å². The minimum Gasteiger partial charge on any atom is -0.497 e. The largest absolute Gasteiger partial charge is 0.497 e. The lowest BCUT2D eigenvalue weighted by Gasteiger charge is -2.08. The molecule has 3 rings (SSSR count). The van der Waals surface area contributed by atoms with Crippen LogP contribution in [0.1, 0.15) is 16.7 Å². The van der Waals surface area contributed by atoms with Crippen LogP contribution in [0.2, 0.25) is 0 Å². The average molecular weight is 364 g/mol. The van der Waals surface area contributed by atoms with Gasteiger partial charge in [0.1, 0.15) is 5.75 Å². The zero-order chi connectivity index (χ0) is 18.9. The van der Waals surface area contributed by atoms with Crippen molar-refractivity contribution in [3.8, 4) is 5.75 Å². The van der Waals surface area contributed by atoms with Crippen molar-refractivity contribution in [2.75, 3.05) is 13.7 Å². The molecule has 3 aromatic rings. The Morgan fingerprint density at radius 2 is 1.85 bits per heavy atom. The Hall–Kier alpha value is -3.28. The molecule has 2 N–H and O–H groups in total. The summed E-state index contributed by atoms with van der Waals surface area (Å²) in [5, 5.41) is 10.1. The van der Waals surface area contributed by atoms with Gasteiger partial charge in [0.2, 0.25) is 0 Å². The minimum absolute atomic E-state index is 0.186. The number of urea groups is 1. The number of ether oxygens (including phenoxy) is 1. The number of nitrogens with zero attached hydrogens (tertiary/aromatic N) is 2. The molecule has 6 heteroatoms. The fourth-order valence-corrected chi connectivity index (χ4v) is 2.75. The van der Waals surface area contributed by atoms with Crippen LogP contribution in [-0.4, -0.2) is 29.5 Å². The third kappa shape index (κ3) is 5.88. The molecule has 0 spiro atoms. The van der Waals surface area contributed by atoms with Crippen molar-refractivity contribution in [2.45, 2.75) is 19.5 Å². The van der Waals surface area contributed by atoms with Crippen LogP contribution >= 0.6 is 0 Å². The summed E-state index contributed by atoms with van der Waals surface area (Å²) in [5.41, 5.74) is 3.28. The maximum atomic E-state index is 12.0. The molecule has 2 aromatic carbocycles. The maximum absolute atomic E-state index is 12.0. The number of carbonyl (C=O) groups excluding carboxylic acids is 1. The summed E-state index contributed by atoms with van der Waals surface area (Å²) in [7, 11) is 1.65. The van der Waals surface area contributed by atoms with E-state index in [4.69, 9.17) is 4.74 Å². The normalized spacial score (nSPS) is 10.4. The number of carbonyl (C=O) groups is 1. The molecule has 0 saturated carbocycles. The first kappa shape index (κ1) is 18.5. The van der Waals surface area contributed by atoms with Crippen molar-refractivity contribution in [2.24, 2.45) is 0 Å². The second-order valence-electron chi connectivity index (χ2n) is 6.24. The third-order valence-electron chi connectivity index (χ3n) is 4.16. The van der Waals surface area contributed by atoms with Crippen LogP contribution in [0, 0.1) is 0 Å². The van der Waals surface area contributed by atoms with Crippen molar-refractivity contribution < 1.29 is 9.53 Å². The van der Waals surface area contributed by atoms with E-state index < -0.39 is 0 Å². The second-order valence-corrected chi connectivity index (χ2v) is 6.24. The Bertz CT molecular complexity index is 861. The molecule has 0 aliphatic heterocycles. The van der Waals surface area contributed by atoms with Crippen LogP contribution < -0.4 is 15.4 Å². The van der Waals surface area contributed by atoms with Crippen LogP contribution in [0.25, 0.3) is 0 Å². The Labute approximate surface area is 159 Å². The Balaban J connectivity index is 1.39. The highest BCUT2D eigenvalue weighted by atomic mass is 16.5. The van der Waals surface area contributed by atoms with Gasteiger partial charge in [0.05, 0.1) is 19.9 Å². The van der Waals surface area contributed by atoms with E-state index in [-0.39, 0.29) is 6.03 Å². The lowest BCUT2D eigenvalue weighted by Crippen LogP contribution is -2.36. The van der Waals surface area contributed by atoms with Crippen molar-refractivity contribution in [1.82, 2.24) is 20.4 Å². The van der Waals surface area contributed by atoms with Crippen molar-refractivity contribution >= 4 is 6.03 Å². The molecule has 0 aliphatic carbocycles. The Morgan fingerprint density at radius 3 is 2.67 bits per heavy atom. The predicted molar refractivity (Wildman–Crippen MR) is 105 cm³/mol. The molecule has 0 saturated heterocycles. The van der Waals surface area contributed by atoms with Gasteiger partial charge in [-0.3, -0.25) is 4.68 Å². The number of nitrogens with one attached hydrogen (secondary N) is 2. The van der Waals surface area contributed by atoms with Crippen LogP contribution in [0.4, 0.5) is 4.79 Å². The number of aromatic nitrogens is 2. The lowest BCUT2D eigenvalue weighted by molar-refractivity contribution is 0.240. The van der Waals surface area contributed by atoms with E-state index in [9.17, 15) is 4.79 Å². The van der Waals surface area contributed by atoms with E-state index in [1.165, 1.54) is 5.56 Å². The molecule has 2 amide bonds. The molecule has 27 heavy (non-hydrogen) atoms. The van der Waals surface area contributed by atoms with E-state index >= 15 is 0 Å². The number of hydrogen-bond donors (Lipinski definition) is 2. The Kier molecular flexibility index (Phi) is 6.46. The maximum Gasteiger partial charge on any atom is 0.315 e. The molecule has 0 atom stereocenters. The molecule has 1 aromatic heterocycles. The molecule has 0 fully saturated rings. The highest BCUT2D eigenvalue weighted by Gasteiger charge is 2.04. The molecular weight excluding hydrogens is 340 g/mol. The quantitative estimate of drug-likeness (QED) is 0.646. The van der Waals surface area contributed by atoms with Gasteiger partial charge < -0.3 is 15.4 Å². The van der Waals surface area contributed by atoms with Gasteiger partial charge in [-0.2, -0.15) is 5.10 Å². The van der Waals surface area contributed by atoms with Crippen molar-refractivity contribution in [3.63, 3.8) is 0 Å². The zero-order valence-electron chi connectivity index (χ0n) is 15.4. The first-order valence-corrected chi connectivity index (χ1v) is 8.93. The smallest absolute Gasteiger partial charge is 0.315 e. The van der Waals surface area contributed by atoms with Gasteiger partial charge in [-0.15, -0.1) is 0 Å². The molecule has 0 radical (unpaired) electrons. The number of amides is 2. The average Bonchev–Trinajstić information content (AvgIpc) is 3.15. The van der Waals surface area contributed by atoms with Crippen LogP contribution in [0.15, 0.2) is 67.0 Å². The first-order chi connectivity index (χ1) is 13.2. The van der Waals surface area contributed by atoms with Gasteiger partial charge in [-0.25, -0.2) is 4.79 Å². The minimum atomic E-state index is -0.186. The zero-order valence-corrected chi connectivity index (χ0v) is 15.4. The second kappa shape index (κ2) is 9.43. The van der Waals surface area contributed by atoms with E-state index in [0.29, 0.717) is 19.6 Å². The summed E-state index contributed by atoms with van der Waals surface area (Å²) in [4.78, 5) is 12.0. The van der Waals surface area contributed by atoms with Gasteiger partial charge in [0, 0.05) is 24.8 Å². The number of hydrogen-bond acceptors (Lipinski definition) is 3. The molecular formula is C21H24N4O2. The number of methoxy groups -OCH3 is 1. The molecule has 140 valence electrons. The van der Waals surface area contributed by atoms with E-state index in [1.54, 1.807) is 13.3 Å². The van der Waals surface area contributed by atoms with E-state index in [0.717, 1.165) is 23.3 Å². The molecule has 0 bridgehead atoms. The summed E-state index contributed by atoms with van der Waals surface area (Å²) in [5.74, 6) is 0.824. The summed E-state index contributed by atoms with van der Waals surface area (Å²) in [6.07, 6.45) is 4.47. The van der Waals surface area contributed by atoms with Crippen LogP contribution in [0.3, 0.4) is 0 Å². The SMILES string of the molecule is COc1cccc(CCNC(=O)NCc2cnn(Cc3ccccc3)c2)c1. The van der Waals surface area contributed by atoms with Crippen molar-refractivity contribution in [1.29, 1.82) is 0 Å². The fraction of sp³-hybridized carbons (Fsp3) is 0.238. The van der Waals surface area contributed by atoms with Gasteiger partial charge in [-0.1, -0.05) is 42.5 Å². The molecule has 1 heterocycles. The summed E-state index contributed by atoms with van der Waals surface area (Å²) < 4.78 is 7.07. The molecule has 6 nitrogen and oxygen atoms in total. The fourth-order valence-electron chi connectivity index (χ4n) is 2.75. The molecule has 0 unspecified atom stereocenters. The highest BCUT2D eigenvalue weighted by Crippen LogP contribution is 2.12. The van der Waals surface area contributed by atoms with Crippen LogP contribution in [0.5, 0.6) is 5.75 Å². The Morgan fingerprint density at radius 1 is 1.04 bits per heavy atom. The first-order valence-electron chi connectivity index (χ1n) is 8.93. The molecule has 0 aliphatic rings. The summed E-state index contributed by atoms with van der Waals surface area (Å²) in [6, 6.07) is 17.8. The number of benzene rings is 2. The van der Waals surface area contributed by atoms with E-state index in [1.807, 2.05) is 53.3 Å². The predicted octanol–water partition coefficient (Wildman–Crippen LogP) is 2.98. The topological polar surface area (TPSA) is 68.2 Å². The third-order valence-corrected chi connectivity index (χ3v) is 4.16.